The fraction of sp³-hybridized carbons (Fsp3) is 0.357. The van der Waals surface area contributed by atoms with Crippen LogP contribution >= 0.6 is 11.6 Å². The highest BCUT2D eigenvalue weighted by Gasteiger charge is 2.28. The van der Waals surface area contributed by atoms with Crippen LogP contribution in [0.25, 0.3) is 11.0 Å². The van der Waals surface area contributed by atoms with Crippen LogP contribution in [-0.4, -0.2) is 22.1 Å². The molecule has 1 aliphatic carbocycles. The number of carbonyl (C=O) groups excluding carboxylic acids is 1. The number of hydrogen-bond donors (Lipinski definition) is 0. The molecule has 0 atom stereocenters. The van der Waals surface area contributed by atoms with Crippen LogP contribution in [0.15, 0.2) is 17.1 Å². The average molecular weight is 311 g/mol. The van der Waals surface area contributed by atoms with Crippen molar-refractivity contribution in [2.24, 2.45) is 0 Å². The molecule has 0 radical (unpaired) electrons. The highest BCUT2D eigenvalue weighted by molar-refractivity contribution is 6.29. The first-order chi connectivity index (χ1) is 10.0. The summed E-state index contributed by atoms with van der Waals surface area (Å²) in [5, 5.41) is -0.255. The van der Waals surface area contributed by atoms with Crippen LogP contribution in [0.1, 0.15) is 36.2 Å². The summed E-state index contributed by atoms with van der Waals surface area (Å²) in [4.78, 5) is 28.2. The van der Waals surface area contributed by atoms with E-state index in [-0.39, 0.29) is 28.8 Å². The van der Waals surface area contributed by atoms with Crippen LogP contribution in [0.2, 0.25) is 5.15 Å². The molecule has 0 saturated heterocycles. The Kier molecular flexibility index (Phi) is 3.41. The SMILES string of the molecule is CCOC(=O)c1cn(C2CC2)c2nc(Cl)c(F)cc2c1=O. The van der Waals surface area contributed by atoms with Crippen molar-refractivity contribution in [2.45, 2.75) is 25.8 Å². The minimum absolute atomic E-state index is 0.0364. The summed E-state index contributed by atoms with van der Waals surface area (Å²) in [5.74, 6) is -1.50. The van der Waals surface area contributed by atoms with Crippen molar-refractivity contribution in [3.63, 3.8) is 0 Å². The second kappa shape index (κ2) is 5.11. The Hall–Kier alpha value is -1.95. The second-order valence-corrected chi connectivity index (χ2v) is 5.22. The minimum atomic E-state index is -0.787. The monoisotopic (exact) mass is 310 g/mol. The van der Waals surface area contributed by atoms with Gasteiger partial charge >= 0.3 is 5.97 Å². The van der Waals surface area contributed by atoms with Crippen molar-refractivity contribution in [3.8, 4) is 0 Å². The summed E-state index contributed by atoms with van der Waals surface area (Å²) >= 11 is 5.70. The summed E-state index contributed by atoms with van der Waals surface area (Å²) in [6.07, 6.45) is 3.26. The topological polar surface area (TPSA) is 61.2 Å². The molecule has 0 unspecified atom stereocenters. The molecule has 0 aromatic carbocycles. The van der Waals surface area contributed by atoms with Gasteiger partial charge in [-0.1, -0.05) is 11.6 Å². The fourth-order valence-electron chi connectivity index (χ4n) is 2.21. The van der Waals surface area contributed by atoms with Gasteiger partial charge in [-0.25, -0.2) is 14.2 Å². The molecule has 2 aromatic rings. The molecule has 1 saturated carbocycles. The van der Waals surface area contributed by atoms with Gasteiger partial charge in [-0.2, -0.15) is 0 Å². The fourth-order valence-corrected chi connectivity index (χ4v) is 2.35. The smallest absolute Gasteiger partial charge is 0.343 e. The Morgan fingerprint density at radius 2 is 2.29 bits per heavy atom. The molecule has 2 heterocycles. The van der Waals surface area contributed by atoms with Gasteiger partial charge < -0.3 is 9.30 Å². The minimum Gasteiger partial charge on any atom is -0.462 e. The zero-order chi connectivity index (χ0) is 15.1. The summed E-state index contributed by atoms with van der Waals surface area (Å²) in [5.41, 5.74) is -0.412. The van der Waals surface area contributed by atoms with Gasteiger partial charge in [0.25, 0.3) is 0 Å². The van der Waals surface area contributed by atoms with Gasteiger partial charge in [0, 0.05) is 12.2 Å². The van der Waals surface area contributed by atoms with Crippen LogP contribution in [0.3, 0.4) is 0 Å². The number of pyridine rings is 2. The van der Waals surface area contributed by atoms with Crippen LogP contribution in [0.4, 0.5) is 4.39 Å². The maximum Gasteiger partial charge on any atom is 0.343 e. The lowest BCUT2D eigenvalue weighted by Crippen LogP contribution is -2.21. The van der Waals surface area contributed by atoms with Crippen LogP contribution in [0.5, 0.6) is 0 Å². The van der Waals surface area contributed by atoms with E-state index >= 15 is 0 Å². The first kappa shape index (κ1) is 14.0. The number of aromatic nitrogens is 2. The maximum absolute atomic E-state index is 13.6. The molecule has 1 aliphatic rings. The second-order valence-electron chi connectivity index (χ2n) is 4.86. The van der Waals surface area contributed by atoms with Gasteiger partial charge in [0.1, 0.15) is 11.2 Å². The average Bonchev–Trinajstić information content (AvgIpc) is 3.26. The molecule has 0 aliphatic heterocycles. The zero-order valence-electron chi connectivity index (χ0n) is 11.2. The summed E-state index contributed by atoms with van der Waals surface area (Å²) in [7, 11) is 0. The zero-order valence-corrected chi connectivity index (χ0v) is 12.0. The molecule has 3 rings (SSSR count). The van der Waals surface area contributed by atoms with Gasteiger partial charge in [0.15, 0.2) is 11.0 Å². The van der Waals surface area contributed by atoms with Crippen LogP contribution in [-0.2, 0) is 4.74 Å². The van der Waals surface area contributed by atoms with Crippen molar-refractivity contribution in [1.29, 1.82) is 0 Å². The maximum atomic E-state index is 13.6. The Morgan fingerprint density at radius 1 is 1.57 bits per heavy atom. The molecule has 5 nitrogen and oxygen atoms in total. The quantitative estimate of drug-likeness (QED) is 0.646. The number of fused-ring (bicyclic) bond motifs is 1. The number of hydrogen-bond acceptors (Lipinski definition) is 4. The molecule has 0 amide bonds. The van der Waals surface area contributed by atoms with Crippen molar-refractivity contribution in [1.82, 2.24) is 9.55 Å². The third-order valence-electron chi connectivity index (χ3n) is 3.35. The van der Waals surface area contributed by atoms with Gasteiger partial charge in [-0.05, 0) is 25.8 Å². The Balaban J connectivity index is 2.31. The molecule has 7 heteroatoms. The largest absolute Gasteiger partial charge is 0.462 e. The summed E-state index contributed by atoms with van der Waals surface area (Å²) in [6, 6.07) is 1.17. The molecule has 0 N–H and O–H groups in total. The molecular formula is C14H12ClFN2O3. The van der Waals surface area contributed by atoms with Crippen LogP contribution in [0, 0.1) is 5.82 Å². The number of nitrogens with zero attached hydrogens (tertiary/aromatic N) is 2. The van der Waals surface area contributed by atoms with E-state index in [1.54, 1.807) is 11.5 Å². The predicted octanol–water partition coefficient (Wildman–Crippen LogP) is 2.70. The van der Waals surface area contributed by atoms with E-state index in [1.165, 1.54) is 6.20 Å². The number of halogens is 2. The third kappa shape index (κ3) is 2.40. The Bertz CT molecular complexity index is 799. The van der Waals surface area contributed by atoms with Crippen molar-refractivity contribution >= 4 is 28.6 Å². The first-order valence-electron chi connectivity index (χ1n) is 6.61. The summed E-state index contributed by atoms with van der Waals surface area (Å²) in [6.45, 7) is 1.81. The normalized spacial score (nSPS) is 14.4. The van der Waals surface area contributed by atoms with E-state index in [0.717, 1.165) is 18.9 Å². The van der Waals surface area contributed by atoms with Gasteiger partial charge in [-0.3, -0.25) is 4.79 Å². The van der Waals surface area contributed by atoms with E-state index < -0.39 is 17.2 Å². The molecule has 110 valence electrons. The highest BCUT2D eigenvalue weighted by atomic mass is 35.5. The van der Waals surface area contributed by atoms with Gasteiger partial charge in [-0.15, -0.1) is 0 Å². The van der Waals surface area contributed by atoms with Gasteiger partial charge in [0.05, 0.1) is 12.0 Å². The number of carbonyl (C=O) groups is 1. The third-order valence-corrected chi connectivity index (χ3v) is 3.62. The lowest BCUT2D eigenvalue weighted by molar-refractivity contribution is 0.0524. The van der Waals surface area contributed by atoms with E-state index in [9.17, 15) is 14.0 Å². The molecule has 0 bridgehead atoms. The lowest BCUT2D eigenvalue weighted by Gasteiger charge is -2.11. The lowest BCUT2D eigenvalue weighted by atomic mass is 10.2. The highest BCUT2D eigenvalue weighted by Crippen LogP contribution is 2.36. The van der Waals surface area contributed by atoms with Gasteiger partial charge in [0.2, 0.25) is 5.43 Å². The molecule has 2 aromatic heterocycles. The predicted molar refractivity (Wildman–Crippen MR) is 75.2 cm³/mol. The number of esters is 1. The Morgan fingerprint density at radius 3 is 2.90 bits per heavy atom. The molecular weight excluding hydrogens is 299 g/mol. The van der Waals surface area contributed by atoms with E-state index in [1.807, 2.05) is 0 Å². The van der Waals surface area contributed by atoms with Crippen molar-refractivity contribution in [3.05, 3.63) is 39.0 Å². The van der Waals surface area contributed by atoms with E-state index in [2.05, 4.69) is 4.98 Å². The van der Waals surface area contributed by atoms with Crippen molar-refractivity contribution in [2.75, 3.05) is 6.61 Å². The molecule has 0 spiro atoms. The number of ether oxygens (including phenoxy) is 1. The van der Waals surface area contributed by atoms with E-state index in [4.69, 9.17) is 16.3 Å². The standard InChI is InChI=1S/C14H12ClFN2O3/c1-2-21-14(20)9-6-18(7-3-4-7)13-8(11(9)19)5-10(16)12(15)17-13/h5-7H,2-4H2,1H3. The van der Waals surface area contributed by atoms with E-state index in [0.29, 0.717) is 5.65 Å². The molecule has 21 heavy (non-hydrogen) atoms. The Labute approximate surface area is 124 Å². The molecule has 1 fully saturated rings. The van der Waals surface area contributed by atoms with Crippen molar-refractivity contribution < 1.29 is 13.9 Å². The number of rotatable bonds is 3. The van der Waals surface area contributed by atoms with Crippen LogP contribution < -0.4 is 5.43 Å². The summed E-state index contributed by atoms with van der Waals surface area (Å²) < 4.78 is 20.2. The first-order valence-corrected chi connectivity index (χ1v) is 6.98.